The highest BCUT2D eigenvalue weighted by Crippen LogP contribution is 2.42. The van der Waals surface area contributed by atoms with Crippen molar-refractivity contribution in [2.45, 2.75) is 32.5 Å². The van der Waals surface area contributed by atoms with Gasteiger partial charge in [-0.25, -0.2) is 4.79 Å². The van der Waals surface area contributed by atoms with Gasteiger partial charge in [0, 0.05) is 11.5 Å². The zero-order valence-corrected chi connectivity index (χ0v) is 16.4. The van der Waals surface area contributed by atoms with Gasteiger partial charge in [0.25, 0.3) is 0 Å². The number of rotatable bonds is 9. The Labute approximate surface area is 167 Å². The van der Waals surface area contributed by atoms with Crippen molar-refractivity contribution in [1.82, 2.24) is 0 Å². The fourth-order valence-corrected chi connectivity index (χ4v) is 3.64. The number of hydrogen-bond acceptors (Lipinski definition) is 4. The molecule has 1 aliphatic rings. The van der Waals surface area contributed by atoms with E-state index in [2.05, 4.69) is 24.3 Å². The lowest BCUT2D eigenvalue weighted by atomic mass is 9.87. The molecule has 3 rings (SSSR count). The summed E-state index contributed by atoms with van der Waals surface area (Å²) in [7, 11) is 1.41. The van der Waals surface area contributed by atoms with E-state index < -0.39 is 0 Å². The third-order valence-corrected chi connectivity index (χ3v) is 5.14. The van der Waals surface area contributed by atoms with Crippen LogP contribution in [0.25, 0.3) is 0 Å². The predicted molar refractivity (Wildman–Crippen MR) is 109 cm³/mol. The van der Waals surface area contributed by atoms with Crippen molar-refractivity contribution in [2.75, 3.05) is 20.3 Å². The van der Waals surface area contributed by atoms with Gasteiger partial charge in [-0.15, -0.1) is 0 Å². The summed E-state index contributed by atoms with van der Waals surface area (Å²) in [6, 6.07) is 20.3. The third kappa shape index (κ3) is 6.04. The molecule has 2 aromatic rings. The first kappa shape index (κ1) is 20.3. The second-order valence-electron chi connectivity index (χ2n) is 7.46. The van der Waals surface area contributed by atoms with Crippen LogP contribution in [0.5, 0.6) is 0 Å². The molecular weight excluding hydrogens is 352 g/mol. The lowest BCUT2D eigenvalue weighted by Gasteiger charge is -2.28. The number of hydrogen-bond donors (Lipinski definition) is 0. The summed E-state index contributed by atoms with van der Waals surface area (Å²) in [6.45, 7) is 2.37. The molecule has 0 aliphatic heterocycles. The fraction of sp³-hybridized carbons (Fsp3) is 0.375. The van der Waals surface area contributed by atoms with Crippen molar-refractivity contribution in [3.05, 3.63) is 83.4 Å². The summed E-state index contributed by atoms with van der Waals surface area (Å²) in [5, 5.41) is 0. The summed E-state index contributed by atoms with van der Waals surface area (Å²) in [5.74, 6) is -0.291. The molecule has 4 heteroatoms. The molecule has 1 saturated carbocycles. The molecular formula is C24H28O4. The molecule has 0 N–H and O–H groups in total. The SMILES string of the molecule is COC(=O)/C=C1/CCC(COCc2ccccc2)(COCc2ccccc2)C1. The van der Waals surface area contributed by atoms with Crippen LogP contribution in [0.4, 0.5) is 0 Å². The fourth-order valence-electron chi connectivity index (χ4n) is 3.64. The lowest BCUT2D eigenvalue weighted by Crippen LogP contribution is -2.29. The van der Waals surface area contributed by atoms with E-state index in [9.17, 15) is 4.79 Å². The molecule has 28 heavy (non-hydrogen) atoms. The van der Waals surface area contributed by atoms with Gasteiger partial charge in [0.05, 0.1) is 33.5 Å². The number of carbonyl (C=O) groups is 1. The van der Waals surface area contributed by atoms with E-state index in [1.54, 1.807) is 6.08 Å². The van der Waals surface area contributed by atoms with Crippen LogP contribution in [0.15, 0.2) is 72.3 Å². The minimum absolute atomic E-state index is 0.108. The molecule has 0 aromatic heterocycles. The standard InChI is InChI=1S/C24H28O4/c1-26-23(25)14-22-12-13-24(15-22,18-27-16-20-8-4-2-5-9-20)19-28-17-21-10-6-3-7-11-21/h2-11,14H,12-13,15-19H2,1H3/b22-14-. The monoisotopic (exact) mass is 380 g/mol. The number of allylic oxidation sites excluding steroid dienone is 1. The molecule has 0 amide bonds. The third-order valence-electron chi connectivity index (χ3n) is 5.14. The largest absolute Gasteiger partial charge is 0.466 e. The Morgan fingerprint density at radius 2 is 1.46 bits per heavy atom. The second-order valence-corrected chi connectivity index (χ2v) is 7.46. The van der Waals surface area contributed by atoms with E-state index in [0.717, 1.165) is 36.0 Å². The molecule has 1 fully saturated rings. The highest BCUT2D eigenvalue weighted by molar-refractivity contribution is 5.82. The van der Waals surface area contributed by atoms with Crippen LogP contribution in [-0.2, 0) is 32.2 Å². The van der Waals surface area contributed by atoms with Crippen molar-refractivity contribution in [1.29, 1.82) is 0 Å². The molecule has 1 aliphatic carbocycles. The first-order valence-electron chi connectivity index (χ1n) is 9.70. The van der Waals surface area contributed by atoms with Crippen LogP contribution in [0, 0.1) is 5.41 Å². The van der Waals surface area contributed by atoms with E-state index in [-0.39, 0.29) is 11.4 Å². The first-order chi connectivity index (χ1) is 13.7. The topological polar surface area (TPSA) is 44.8 Å². The van der Waals surface area contributed by atoms with E-state index in [1.165, 1.54) is 7.11 Å². The highest BCUT2D eigenvalue weighted by Gasteiger charge is 2.37. The lowest BCUT2D eigenvalue weighted by molar-refractivity contribution is -0.134. The van der Waals surface area contributed by atoms with Gasteiger partial charge in [0.15, 0.2) is 0 Å². The van der Waals surface area contributed by atoms with Gasteiger partial charge in [-0.3, -0.25) is 0 Å². The van der Waals surface area contributed by atoms with E-state index >= 15 is 0 Å². The molecule has 0 spiro atoms. The summed E-state index contributed by atoms with van der Waals surface area (Å²) >= 11 is 0. The highest BCUT2D eigenvalue weighted by atomic mass is 16.5. The maximum absolute atomic E-state index is 11.6. The van der Waals surface area contributed by atoms with Gasteiger partial charge < -0.3 is 14.2 Å². The molecule has 0 bridgehead atoms. The van der Waals surface area contributed by atoms with Crippen molar-refractivity contribution in [2.24, 2.45) is 5.41 Å². The number of ether oxygens (including phenoxy) is 3. The quantitative estimate of drug-likeness (QED) is 0.468. The van der Waals surface area contributed by atoms with Crippen LogP contribution < -0.4 is 0 Å². The minimum Gasteiger partial charge on any atom is -0.466 e. The van der Waals surface area contributed by atoms with E-state index in [4.69, 9.17) is 14.2 Å². The summed E-state index contributed by atoms with van der Waals surface area (Å²) in [6.07, 6.45) is 4.24. The Morgan fingerprint density at radius 3 is 1.96 bits per heavy atom. The predicted octanol–water partition coefficient (Wildman–Crippen LogP) is 4.69. The van der Waals surface area contributed by atoms with E-state index in [0.29, 0.717) is 26.4 Å². The molecule has 0 unspecified atom stereocenters. The average Bonchev–Trinajstić information content (AvgIpc) is 3.12. The van der Waals surface area contributed by atoms with Gasteiger partial charge in [-0.05, 0) is 30.4 Å². The zero-order chi connectivity index (χ0) is 19.7. The summed E-state index contributed by atoms with van der Waals surface area (Å²) in [4.78, 5) is 11.6. The van der Waals surface area contributed by atoms with Crippen molar-refractivity contribution < 1.29 is 19.0 Å². The van der Waals surface area contributed by atoms with Gasteiger partial charge in [0.1, 0.15) is 0 Å². The van der Waals surface area contributed by atoms with Gasteiger partial charge in [-0.1, -0.05) is 66.2 Å². The van der Waals surface area contributed by atoms with Crippen molar-refractivity contribution in [3.63, 3.8) is 0 Å². The number of methoxy groups -OCH3 is 1. The van der Waals surface area contributed by atoms with Crippen LogP contribution >= 0.6 is 0 Å². The normalized spacial score (nSPS) is 17.0. The second kappa shape index (κ2) is 10.2. The molecule has 148 valence electrons. The van der Waals surface area contributed by atoms with Crippen LogP contribution in [0.1, 0.15) is 30.4 Å². The Kier molecular flexibility index (Phi) is 7.40. The van der Waals surface area contributed by atoms with Crippen molar-refractivity contribution >= 4 is 5.97 Å². The van der Waals surface area contributed by atoms with Gasteiger partial charge in [-0.2, -0.15) is 0 Å². The zero-order valence-electron chi connectivity index (χ0n) is 16.4. The number of esters is 1. The Hall–Kier alpha value is -2.43. The van der Waals surface area contributed by atoms with Crippen LogP contribution in [-0.4, -0.2) is 26.3 Å². The molecule has 2 aromatic carbocycles. The van der Waals surface area contributed by atoms with Crippen molar-refractivity contribution in [3.8, 4) is 0 Å². The molecule has 0 heterocycles. The molecule has 4 nitrogen and oxygen atoms in total. The first-order valence-corrected chi connectivity index (χ1v) is 9.70. The Balaban J connectivity index is 1.60. The minimum atomic E-state index is -0.291. The van der Waals surface area contributed by atoms with Crippen LogP contribution in [0.3, 0.4) is 0 Å². The number of carbonyl (C=O) groups excluding carboxylic acids is 1. The summed E-state index contributed by atoms with van der Waals surface area (Å²) in [5.41, 5.74) is 3.32. The summed E-state index contributed by atoms with van der Waals surface area (Å²) < 4.78 is 16.9. The maximum atomic E-state index is 11.6. The van der Waals surface area contributed by atoms with E-state index in [1.807, 2.05) is 36.4 Å². The molecule has 0 saturated heterocycles. The van der Waals surface area contributed by atoms with Gasteiger partial charge in [0.2, 0.25) is 0 Å². The maximum Gasteiger partial charge on any atom is 0.330 e. The molecule has 0 radical (unpaired) electrons. The Morgan fingerprint density at radius 1 is 0.929 bits per heavy atom. The number of benzene rings is 2. The van der Waals surface area contributed by atoms with Crippen LogP contribution in [0.2, 0.25) is 0 Å². The Bertz CT molecular complexity index is 722. The molecule has 0 atom stereocenters. The van der Waals surface area contributed by atoms with Gasteiger partial charge >= 0.3 is 5.97 Å². The smallest absolute Gasteiger partial charge is 0.330 e. The average molecular weight is 380 g/mol.